The lowest BCUT2D eigenvalue weighted by molar-refractivity contribution is 1.19. The minimum atomic E-state index is 0.879. The highest BCUT2D eigenvalue weighted by molar-refractivity contribution is 6.03. The summed E-state index contributed by atoms with van der Waals surface area (Å²) >= 11 is 0. The molecule has 3 heteroatoms. The number of benzene rings is 1. The first-order valence-electron chi connectivity index (χ1n) is 6.90. The van der Waals surface area contributed by atoms with Gasteiger partial charge in [-0.1, -0.05) is 30.3 Å². The zero-order valence-electron chi connectivity index (χ0n) is 11.6. The maximum absolute atomic E-state index is 4.79. The van der Waals surface area contributed by atoms with Gasteiger partial charge in [0, 0.05) is 22.7 Å². The molecular formula is C18H13N3. The molecule has 0 radical (unpaired) electrons. The number of aromatic nitrogens is 3. The molecule has 0 aliphatic rings. The number of rotatable bonds is 1. The molecule has 1 aromatic carbocycles. The first-order chi connectivity index (χ1) is 10.3. The highest BCUT2D eigenvalue weighted by Gasteiger charge is 2.06. The number of nitrogens with zero attached hydrogens (tertiary/aromatic N) is 3. The summed E-state index contributed by atoms with van der Waals surface area (Å²) in [5, 5.41) is 2.20. The average molecular weight is 271 g/mol. The van der Waals surface area contributed by atoms with Gasteiger partial charge < -0.3 is 0 Å². The molecule has 21 heavy (non-hydrogen) atoms. The van der Waals surface area contributed by atoms with E-state index in [1.165, 1.54) is 0 Å². The summed E-state index contributed by atoms with van der Waals surface area (Å²) in [6.07, 6.45) is 1.81. The van der Waals surface area contributed by atoms with Gasteiger partial charge in [-0.25, -0.2) is 4.98 Å². The van der Waals surface area contributed by atoms with Crippen molar-refractivity contribution in [1.29, 1.82) is 0 Å². The Kier molecular flexibility index (Phi) is 2.64. The minimum absolute atomic E-state index is 0.879. The van der Waals surface area contributed by atoms with Crippen LogP contribution in [0.1, 0.15) is 5.69 Å². The quantitative estimate of drug-likeness (QED) is 0.488. The van der Waals surface area contributed by atoms with Crippen LogP contribution in [-0.2, 0) is 0 Å². The third-order valence-electron chi connectivity index (χ3n) is 3.58. The average Bonchev–Trinajstić information content (AvgIpc) is 2.54. The summed E-state index contributed by atoms with van der Waals surface area (Å²) in [4.78, 5) is 13.8. The van der Waals surface area contributed by atoms with E-state index < -0.39 is 0 Å². The molecule has 0 unspecified atom stereocenters. The van der Waals surface area contributed by atoms with E-state index in [2.05, 4.69) is 34.2 Å². The fraction of sp³-hybridized carbons (Fsp3) is 0.0556. The van der Waals surface area contributed by atoms with Gasteiger partial charge in [-0.3, -0.25) is 9.97 Å². The van der Waals surface area contributed by atoms with E-state index in [0.29, 0.717) is 0 Å². The lowest BCUT2D eigenvalue weighted by atomic mass is 10.1. The van der Waals surface area contributed by atoms with Gasteiger partial charge in [-0.05, 0) is 31.2 Å². The first kappa shape index (κ1) is 12.0. The zero-order valence-corrected chi connectivity index (χ0v) is 11.6. The van der Waals surface area contributed by atoms with Crippen LogP contribution in [-0.4, -0.2) is 15.0 Å². The molecule has 0 saturated carbocycles. The number of pyridine rings is 3. The third kappa shape index (κ3) is 2.03. The highest BCUT2D eigenvalue weighted by Crippen LogP contribution is 2.25. The Bertz CT molecular complexity index is 961. The van der Waals surface area contributed by atoms with E-state index >= 15 is 0 Å². The van der Waals surface area contributed by atoms with Crippen molar-refractivity contribution in [3.63, 3.8) is 0 Å². The summed E-state index contributed by atoms with van der Waals surface area (Å²) in [5.74, 6) is 0. The van der Waals surface area contributed by atoms with Crippen molar-refractivity contribution in [3.8, 4) is 11.4 Å². The summed E-state index contributed by atoms with van der Waals surface area (Å²) in [6.45, 7) is 1.99. The van der Waals surface area contributed by atoms with Crippen molar-refractivity contribution in [2.45, 2.75) is 6.92 Å². The molecule has 0 bridgehead atoms. The topological polar surface area (TPSA) is 38.7 Å². The molecule has 0 amide bonds. The maximum Gasteiger partial charge on any atom is 0.0972 e. The van der Waals surface area contributed by atoms with Crippen LogP contribution < -0.4 is 0 Å². The molecule has 3 aromatic heterocycles. The van der Waals surface area contributed by atoms with Crippen molar-refractivity contribution in [2.24, 2.45) is 0 Å². The van der Waals surface area contributed by atoms with Crippen LogP contribution >= 0.6 is 0 Å². The van der Waals surface area contributed by atoms with Crippen LogP contribution in [0.15, 0.2) is 60.8 Å². The molecular weight excluding hydrogens is 258 g/mol. The van der Waals surface area contributed by atoms with Crippen LogP contribution in [0.5, 0.6) is 0 Å². The largest absolute Gasteiger partial charge is 0.254 e. The second-order valence-electron chi connectivity index (χ2n) is 5.07. The van der Waals surface area contributed by atoms with Crippen LogP contribution in [0.3, 0.4) is 0 Å². The fourth-order valence-corrected chi connectivity index (χ4v) is 2.55. The molecule has 3 nitrogen and oxygen atoms in total. The van der Waals surface area contributed by atoms with Crippen LogP contribution in [0.25, 0.3) is 33.2 Å². The summed E-state index contributed by atoms with van der Waals surface area (Å²) in [5.41, 5.74) is 4.62. The van der Waals surface area contributed by atoms with E-state index in [0.717, 1.165) is 38.9 Å². The van der Waals surface area contributed by atoms with Crippen molar-refractivity contribution < 1.29 is 0 Å². The van der Waals surface area contributed by atoms with E-state index in [1.807, 2.05) is 37.3 Å². The second kappa shape index (κ2) is 4.63. The first-order valence-corrected chi connectivity index (χ1v) is 6.90. The van der Waals surface area contributed by atoms with Crippen molar-refractivity contribution in [3.05, 3.63) is 66.5 Å². The molecule has 3 heterocycles. The Balaban J connectivity index is 2.02. The molecule has 0 N–H and O–H groups in total. The van der Waals surface area contributed by atoms with Crippen LogP contribution in [0.2, 0.25) is 0 Å². The lowest BCUT2D eigenvalue weighted by Gasteiger charge is -2.05. The Hall–Kier alpha value is -2.81. The number of hydrogen-bond donors (Lipinski definition) is 0. The van der Waals surface area contributed by atoms with Gasteiger partial charge in [-0.2, -0.15) is 0 Å². The van der Waals surface area contributed by atoms with Gasteiger partial charge in [0.1, 0.15) is 0 Å². The van der Waals surface area contributed by atoms with E-state index in [1.54, 1.807) is 6.20 Å². The van der Waals surface area contributed by atoms with Gasteiger partial charge in [0.15, 0.2) is 0 Å². The molecule has 0 atom stereocenters. The zero-order chi connectivity index (χ0) is 14.2. The summed E-state index contributed by atoms with van der Waals surface area (Å²) in [7, 11) is 0. The Morgan fingerprint density at radius 2 is 1.43 bits per heavy atom. The van der Waals surface area contributed by atoms with Gasteiger partial charge in [0.2, 0.25) is 0 Å². The molecule has 4 aromatic rings. The number of aryl methyl sites for hydroxylation is 1. The number of hydrogen-bond acceptors (Lipinski definition) is 3. The van der Waals surface area contributed by atoms with Gasteiger partial charge in [0.25, 0.3) is 0 Å². The number of fused-ring (bicyclic) bond motifs is 3. The normalized spacial score (nSPS) is 11.1. The fourth-order valence-electron chi connectivity index (χ4n) is 2.55. The Labute approximate surface area is 122 Å². The van der Waals surface area contributed by atoms with Crippen LogP contribution in [0.4, 0.5) is 0 Å². The van der Waals surface area contributed by atoms with Gasteiger partial charge in [-0.15, -0.1) is 0 Å². The SMILES string of the molecule is Cc1cccc(-c2ccc3ccc4cccnc4c3n2)n1. The van der Waals surface area contributed by atoms with Crippen molar-refractivity contribution in [2.75, 3.05) is 0 Å². The van der Waals surface area contributed by atoms with Gasteiger partial charge >= 0.3 is 0 Å². The van der Waals surface area contributed by atoms with Crippen molar-refractivity contribution >= 4 is 21.8 Å². The molecule has 0 aliphatic carbocycles. The summed E-state index contributed by atoms with van der Waals surface area (Å²) in [6, 6.07) is 18.2. The molecule has 0 spiro atoms. The molecule has 0 aliphatic heterocycles. The Morgan fingerprint density at radius 3 is 2.29 bits per heavy atom. The smallest absolute Gasteiger partial charge is 0.0972 e. The lowest BCUT2D eigenvalue weighted by Crippen LogP contribution is -1.91. The predicted octanol–water partition coefficient (Wildman–Crippen LogP) is 4.15. The van der Waals surface area contributed by atoms with E-state index in [4.69, 9.17) is 4.98 Å². The van der Waals surface area contributed by atoms with Crippen molar-refractivity contribution in [1.82, 2.24) is 15.0 Å². The predicted molar refractivity (Wildman–Crippen MR) is 85.0 cm³/mol. The summed E-state index contributed by atoms with van der Waals surface area (Å²) < 4.78 is 0. The Morgan fingerprint density at radius 1 is 0.667 bits per heavy atom. The maximum atomic E-state index is 4.79. The standard InChI is InChI=1S/C18H13N3/c1-12-4-2-6-15(20-12)16-10-9-14-8-7-13-5-3-11-19-17(13)18(14)21-16/h2-11H,1H3. The second-order valence-corrected chi connectivity index (χ2v) is 5.07. The molecule has 0 fully saturated rings. The molecule has 4 rings (SSSR count). The third-order valence-corrected chi connectivity index (χ3v) is 3.58. The molecule has 100 valence electrons. The highest BCUT2D eigenvalue weighted by atomic mass is 14.8. The van der Waals surface area contributed by atoms with Gasteiger partial charge in [0.05, 0.1) is 22.4 Å². The molecule has 0 saturated heterocycles. The minimum Gasteiger partial charge on any atom is -0.254 e. The van der Waals surface area contributed by atoms with Crippen LogP contribution in [0, 0.1) is 6.92 Å². The monoisotopic (exact) mass is 271 g/mol. The van der Waals surface area contributed by atoms with E-state index in [-0.39, 0.29) is 0 Å². The van der Waals surface area contributed by atoms with E-state index in [9.17, 15) is 0 Å².